The summed E-state index contributed by atoms with van der Waals surface area (Å²) in [5.74, 6) is 0. The number of hydrogen-bond donors (Lipinski definition) is 2. The van der Waals surface area contributed by atoms with Crippen molar-refractivity contribution in [1.29, 1.82) is 0 Å². The maximum Gasteiger partial charge on any atom is 0.411 e. The van der Waals surface area contributed by atoms with Crippen LogP contribution >= 0.6 is 7.60 Å². The van der Waals surface area contributed by atoms with Crippen molar-refractivity contribution in [3.8, 4) is 0 Å². The van der Waals surface area contributed by atoms with Gasteiger partial charge in [-0.05, 0) is 6.42 Å². The molecule has 0 bridgehead atoms. The molecule has 0 amide bonds. The van der Waals surface area contributed by atoms with E-state index < -0.39 is 39.4 Å². The fourth-order valence-corrected chi connectivity index (χ4v) is 3.95. The molecule has 2 N–H and O–H groups in total. The highest BCUT2D eigenvalue weighted by atomic mass is 31.2. The monoisotopic (exact) mass is 492 g/mol. The van der Waals surface area contributed by atoms with Crippen LogP contribution in [0.25, 0.3) is 0 Å². The Kier molecular flexibility index (Phi) is 20.1. The van der Waals surface area contributed by atoms with Crippen LogP contribution in [0.3, 0.4) is 0 Å². The molecule has 2 unspecified atom stereocenters. The van der Waals surface area contributed by atoms with Crippen LogP contribution in [-0.2, 0) is 18.6 Å². The minimum Gasteiger partial charge on any atom is -0.384 e. The van der Waals surface area contributed by atoms with E-state index in [1.54, 1.807) is 0 Å². The Morgan fingerprint density at radius 1 is 0.781 bits per heavy atom. The lowest BCUT2D eigenvalue weighted by molar-refractivity contribution is -0.180. The van der Waals surface area contributed by atoms with E-state index in [9.17, 15) is 22.6 Å². The second-order valence-electron chi connectivity index (χ2n) is 8.31. The number of aliphatic hydroxyl groups excluding tert-OH is 1. The second kappa shape index (κ2) is 20.2. The smallest absolute Gasteiger partial charge is 0.384 e. The van der Waals surface area contributed by atoms with E-state index in [1.165, 1.54) is 70.6 Å². The van der Waals surface area contributed by atoms with Gasteiger partial charge < -0.3 is 19.5 Å². The molecule has 0 aliphatic carbocycles. The topological polar surface area (TPSA) is 85.2 Å². The van der Waals surface area contributed by atoms with Crippen LogP contribution in [0.4, 0.5) is 13.2 Å². The SMILES string of the molecule is CCCCCCCCCCCCCCCCOCC(COCC(F)(F)F)OP(=O)(O)CO. The zero-order chi connectivity index (χ0) is 24.1. The van der Waals surface area contributed by atoms with Gasteiger partial charge in [0.2, 0.25) is 0 Å². The first-order valence-electron chi connectivity index (χ1n) is 12.0. The van der Waals surface area contributed by atoms with Crippen molar-refractivity contribution in [2.45, 2.75) is 109 Å². The van der Waals surface area contributed by atoms with Gasteiger partial charge in [-0.2, -0.15) is 13.2 Å². The average molecular weight is 493 g/mol. The van der Waals surface area contributed by atoms with Gasteiger partial charge >= 0.3 is 13.8 Å². The molecular weight excluding hydrogens is 448 g/mol. The Morgan fingerprint density at radius 3 is 1.66 bits per heavy atom. The van der Waals surface area contributed by atoms with Crippen LogP contribution in [0.2, 0.25) is 0 Å². The van der Waals surface area contributed by atoms with Crippen LogP contribution < -0.4 is 0 Å². The third kappa shape index (κ3) is 23.0. The number of hydrogen-bond acceptors (Lipinski definition) is 5. The zero-order valence-corrected chi connectivity index (χ0v) is 20.5. The highest BCUT2D eigenvalue weighted by Crippen LogP contribution is 2.41. The molecule has 32 heavy (non-hydrogen) atoms. The van der Waals surface area contributed by atoms with Gasteiger partial charge in [0.25, 0.3) is 0 Å². The molecule has 0 heterocycles. The van der Waals surface area contributed by atoms with E-state index in [2.05, 4.69) is 11.7 Å². The molecule has 0 aromatic rings. The molecular formula is C22H44F3O6P. The number of halogens is 3. The summed E-state index contributed by atoms with van der Waals surface area (Å²) < 4.78 is 62.6. The first kappa shape index (κ1) is 31.8. The molecule has 0 saturated carbocycles. The second-order valence-corrected chi connectivity index (χ2v) is 10.1. The van der Waals surface area contributed by atoms with E-state index in [-0.39, 0.29) is 6.61 Å². The fraction of sp³-hybridized carbons (Fsp3) is 1.00. The van der Waals surface area contributed by atoms with Gasteiger partial charge in [-0.25, -0.2) is 0 Å². The number of aliphatic hydroxyl groups is 1. The van der Waals surface area contributed by atoms with E-state index in [1.807, 2.05) is 0 Å². The molecule has 194 valence electrons. The third-order valence-corrected chi connectivity index (χ3v) is 5.99. The predicted octanol–water partition coefficient (Wildman–Crippen LogP) is 6.58. The van der Waals surface area contributed by atoms with Gasteiger partial charge in [0.1, 0.15) is 19.1 Å². The summed E-state index contributed by atoms with van der Waals surface area (Å²) in [5, 5.41) is 8.81. The van der Waals surface area contributed by atoms with Crippen molar-refractivity contribution in [3.63, 3.8) is 0 Å². The highest BCUT2D eigenvalue weighted by Gasteiger charge is 2.30. The van der Waals surface area contributed by atoms with Gasteiger partial charge in [0, 0.05) is 6.61 Å². The number of ether oxygens (including phenoxy) is 2. The fourth-order valence-electron chi connectivity index (χ4n) is 3.29. The molecule has 0 aromatic heterocycles. The van der Waals surface area contributed by atoms with Crippen molar-refractivity contribution in [1.82, 2.24) is 0 Å². The molecule has 0 radical (unpaired) electrons. The zero-order valence-electron chi connectivity index (χ0n) is 19.6. The summed E-state index contributed by atoms with van der Waals surface area (Å²) in [6.07, 6.45) is 10.5. The molecule has 0 fully saturated rings. The molecule has 0 aromatic carbocycles. The molecule has 0 spiro atoms. The van der Waals surface area contributed by atoms with E-state index >= 15 is 0 Å². The lowest BCUT2D eigenvalue weighted by Gasteiger charge is -2.20. The van der Waals surface area contributed by atoms with Crippen LogP contribution in [0.5, 0.6) is 0 Å². The lowest BCUT2D eigenvalue weighted by Crippen LogP contribution is -2.28. The quantitative estimate of drug-likeness (QED) is 0.124. The molecule has 0 aliphatic heterocycles. The van der Waals surface area contributed by atoms with E-state index in [0.29, 0.717) is 6.61 Å². The van der Waals surface area contributed by atoms with Gasteiger partial charge in [0.05, 0.1) is 13.2 Å². The van der Waals surface area contributed by atoms with Crippen molar-refractivity contribution in [2.24, 2.45) is 0 Å². The third-order valence-electron chi connectivity index (χ3n) is 5.01. The number of alkyl halides is 3. The van der Waals surface area contributed by atoms with Crippen LogP contribution in [-0.4, -0.2) is 55.1 Å². The van der Waals surface area contributed by atoms with Crippen molar-refractivity contribution in [2.75, 3.05) is 32.8 Å². The molecule has 0 aliphatic rings. The van der Waals surface area contributed by atoms with Crippen molar-refractivity contribution < 1.29 is 41.7 Å². The predicted molar refractivity (Wildman–Crippen MR) is 120 cm³/mol. The Morgan fingerprint density at radius 2 is 1.22 bits per heavy atom. The standard InChI is InChI=1S/C22H44F3O6P/c1-2-3-4-5-6-7-8-9-10-11-12-13-14-15-16-29-17-21(31-32(27,28)20-26)18-30-19-22(23,24)25/h21,26H,2-20H2,1H3,(H,27,28). The Balaban J connectivity index is 3.68. The van der Waals surface area contributed by atoms with Gasteiger partial charge in [-0.3, -0.25) is 9.09 Å². The van der Waals surface area contributed by atoms with Gasteiger partial charge in [-0.15, -0.1) is 0 Å². The van der Waals surface area contributed by atoms with Gasteiger partial charge in [0.15, 0.2) is 0 Å². The van der Waals surface area contributed by atoms with Crippen molar-refractivity contribution >= 4 is 7.60 Å². The number of unbranched alkanes of at least 4 members (excludes halogenated alkanes) is 13. The minimum atomic E-state index is -4.50. The first-order chi connectivity index (χ1) is 15.2. The Bertz CT molecular complexity index is 465. The highest BCUT2D eigenvalue weighted by molar-refractivity contribution is 7.52. The van der Waals surface area contributed by atoms with Crippen molar-refractivity contribution in [3.05, 3.63) is 0 Å². The molecule has 0 saturated heterocycles. The Hall–Kier alpha value is -0.180. The van der Waals surface area contributed by atoms with E-state index in [4.69, 9.17) is 14.4 Å². The van der Waals surface area contributed by atoms with Crippen LogP contribution in [0, 0.1) is 0 Å². The molecule has 10 heteroatoms. The summed E-state index contributed by atoms with van der Waals surface area (Å²) in [6, 6.07) is 0. The normalized spacial score (nSPS) is 15.1. The largest absolute Gasteiger partial charge is 0.411 e. The van der Waals surface area contributed by atoms with Crippen LogP contribution in [0.15, 0.2) is 0 Å². The summed E-state index contributed by atoms with van der Waals surface area (Å²) in [5.41, 5.74) is 0. The molecule has 6 nitrogen and oxygen atoms in total. The van der Waals surface area contributed by atoms with Gasteiger partial charge in [-0.1, -0.05) is 90.4 Å². The number of rotatable bonds is 23. The summed E-state index contributed by atoms with van der Waals surface area (Å²) in [7, 11) is -4.29. The summed E-state index contributed by atoms with van der Waals surface area (Å²) >= 11 is 0. The first-order valence-corrected chi connectivity index (χ1v) is 13.8. The van der Waals surface area contributed by atoms with Crippen LogP contribution in [0.1, 0.15) is 96.8 Å². The Labute approximate surface area is 191 Å². The lowest BCUT2D eigenvalue weighted by atomic mass is 10.0. The molecule has 2 atom stereocenters. The van der Waals surface area contributed by atoms with E-state index in [0.717, 1.165) is 19.3 Å². The maximum absolute atomic E-state index is 12.2. The summed E-state index contributed by atoms with van der Waals surface area (Å²) in [6.45, 7) is 0.396. The summed E-state index contributed by atoms with van der Waals surface area (Å²) in [4.78, 5) is 9.34. The maximum atomic E-state index is 12.2. The molecule has 0 rings (SSSR count). The average Bonchev–Trinajstić information content (AvgIpc) is 2.72. The minimum absolute atomic E-state index is 0.180.